The summed E-state index contributed by atoms with van der Waals surface area (Å²) in [6.07, 6.45) is 0.519. The van der Waals surface area contributed by atoms with Crippen molar-refractivity contribution >= 4 is 12.4 Å². The van der Waals surface area contributed by atoms with Crippen LogP contribution in [0.25, 0.3) is 0 Å². The molecule has 1 aliphatic rings. The van der Waals surface area contributed by atoms with Gasteiger partial charge in [-0.1, -0.05) is 12.1 Å². The predicted octanol–water partition coefficient (Wildman–Crippen LogP) is 2.12. The number of aromatic hydroxyl groups is 1. The molecule has 0 amide bonds. The lowest BCUT2D eigenvalue weighted by atomic mass is 10.0. The van der Waals surface area contributed by atoms with Gasteiger partial charge in [0.25, 0.3) is 0 Å². The van der Waals surface area contributed by atoms with Crippen LogP contribution in [0, 0.1) is 0 Å². The van der Waals surface area contributed by atoms with E-state index in [1.807, 2.05) is 12.1 Å². The third-order valence-corrected chi connectivity index (χ3v) is 3.25. The summed E-state index contributed by atoms with van der Waals surface area (Å²) in [4.78, 5) is 2.31. The zero-order chi connectivity index (χ0) is 12.1. The van der Waals surface area contributed by atoms with E-state index in [9.17, 15) is 9.50 Å². The quantitative estimate of drug-likeness (QED) is 0.883. The number of nitrogens with one attached hydrogen (secondary N) is 1. The lowest BCUT2D eigenvalue weighted by Gasteiger charge is -2.34. The van der Waals surface area contributed by atoms with Crippen molar-refractivity contribution in [2.75, 3.05) is 32.9 Å². The van der Waals surface area contributed by atoms with Crippen LogP contribution < -0.4 is 5.32 Å². The molecule has 0 bridgehead atoms. The molecule has 102 valence electrons. The van der Waals surface area contributed by atoms with Crippen LogP contribution in [-0.2, 0) is 0 Å². The van der Waals surface area contributed by atoms with Crippen molar-refractivity contribution in [2.45, 2.75) is 12.5 Å². The van der Waals surface area contributed by atoms with Crippen LogP contribution in [0.15, 0.2) is 24.3 Å². The van der Waals surface area contributed by atoms with Crippen molar-refractivity contribution in [3.05, 3.63) is 29.8 Å². The van der Waals surface area contributed by atoms with Crippen molar-refractivity contribution < 1.29 is 9.50 Å². The lowest BCUT2D eigenvalue weighted by Crippen LogP contribution is -2.45. The van der Waals surface area contributed by atoms with Crippen molar-refractivity contribution in [3.63, 3.8) is 0 Å². The van der Waals surface area contributed by atoms with Gasteiger partial charge in [0.2, 0.25) is 0 Å². The summed E-state index contributed by atoms with van der Waals surface area (Å²) in [6.45, 7) is 3.51. The highest BCUT2D eigenvalue weighted by atomic mass is 35.5. The maximum absolute atomic E-state index is 12.7. The standard InChI is InChI=1S/C13H19FN2O.ClH/c14-6-5-13(16-9-7-15-8-10-16)11-1-3-12(17)4-2-11;/h1-4,13,15,17H,5-10H2;1H/t13-;/m1./s1. The minimum atomic E-state index is -0.310. The number of rotatable bonds is 4. The molecule has 1 aromatic rings. The Labute approximate surface area is 113 Å². The molecule has 1 aromatic carbocycles. The van der Waals surface area contributed by atoms with Gasteiger partial charge in [-0.2, -0.15) is 0 Å². The first-order valence-electron chi connectivity index (χ1n) is 6.11. The maximum atomic E-state index is 12.7. The predicted molar refractivity (Wildman–Crippen MR) is 73.1 cm³/mol. The molecule has 2 N–H and O–H groups in total. The molecule has 0 saturated carbocycles. The third-order valence-electron chi connectivity index (χ3n) is 3.25. The first-order valence-corrected chi connectivity index (χ1v) is 6.11. The van der Waals surface area contributed by atoms with E-state index in [4.69, 9.17) is 0 Å². The molecule has 1 saturated heterocycles. The van der Waals surface area contributed by atoms with Crippen LogP contribution in [0.1, 0.15) is 18.0 Å². The number of phenolic OH excluding ortho intramolecular Hbond substituents is 1. The molecule has 0 aliphatic carbocycles. The first-order chi connectivity index (χ1) is 8.31. The number of benzene rings is 1. The zero-order valence-corrected chi connectivity index (χ0v) is 11.1. The normalized spacial score (nSPS) is 18.1. The van der Waals surface area contributed by atoms with Gasteiger partial charge in [-0.15, -0.1) is 12.4 Å². The van der Waals surface area contributed by atoms with Crippen molar-refractivity contribution in [1.82, 2.24) is 10.2 Å². The third kappa shape index (κ3) is 3.83. The lowest BCUT2D eigenvalue weighted by molar-refractivity contribution is 0.157. The van der Waals surface area contributed by atoms with Crippen molar-refractivity contribution in [2.24, 2.45) is 0 Å². The number of piperazine rings is 1. The van der Waals surface area contributed by atoms with Gasteiger partial charge in [-0.05, 0) is 24.1 Å². The molecule has 5 heteroatoms. The Balaban J connectivity index is 0.00000162. The average molecular weight is 275 g/mol. The van der Waals surface area contributed by atoms with Crippen molar-refractivity contribution in [1.29, 1.82) is 0 Å². The Bertz CT molecular complexity index is 341. The van der Waals surface area contributed by atoms with E-state index >= 15 is 0 Å². The molecular formula is C13H20ClFN2O. The summed E-state index contributed by atoms with van der Waals surface area (Å²) >= 11 is 0. The second kappa shape index (κ2) is 7.56. The fourth-order valence-corrected chi connectivity index (χ4v) is 2.35. The van der Waals surface area contributed by atoms with Crippen LogP contribution >= 0.6 is 12.4 Å². The fraction of sp³-hybridized carbons (Fsp3) is 0.538. The van der Waals surface area contributed by atoms with Gasteiger partial charge in [0.05, 0.1) is 6.67 Å². The van der Waals surface area contributed by atoms with Crippen LogP contribution in [0.5, 0.6) is 5.75 Å². The van der Waals surface area contributed by atoms with Gasteiger partial charge in [0.15, 0.2) is 0 Å². The zero-order valence-electron chi connectivity index (χ0n) is 10.3. The number of halogens is 2. The monoisotopic (exact) mass is 274 g/mol. The number of alkyl halides is 1. The average Bonchev–Trinajstić information content (AvgIpc) is 2.38. The molecular weight excluding hydrogens is 255 g/mol. The van der Waals surface area contributed by atoms with E-state index in [-0.39, 0.29) is 30.9 Å². The topological polar surface area (TPSA) is 35.5 Å². The number of hydrogen-bond donors (Lipinski definition) is 2. The molecule has 2 rings (SSSR count). The van der Waals surface area contributed by atoms with Gasteiger partial charge in [-0.25, -0.2) is 0 Å². The molecule has 1 heterocycles. The van der Waals surface area contributed by atoms with Crippen LogP contribution in [0.4, 0.5) is 4.39 Å². The second-order valence-corrected chi connectivity index (χ2v) is 4.37. The largest absolute Gasteiger partial charge is 0.508 e. The minimum absolute atomic E-state index is 0. The molecule has 1 aliphatic heterocycles. The Morgan fingerprint density at radius 3 is 2.39 bits per heavy atom. The Morgan fingerprint density at radius 2 is 1.83 bits per heavy atom. The molecule has 3 nitrogen and oxygen atoms in total. The fourth-order valence-electron chi connectivity index (χ4n) is 2.35. The highest BCUT2D eigenvalue weighted by Gasteiger charge is 2.21. The van der Waals surface area contributed by atoms with Crippen LogP contribution in [0.2, 0.25) is 0 Å². The van der Waals surface area contributed by atoms with E-state index in [1.54, 1.807) is 12.1 Å². The summed E-state index contributed by atoms with van der Waals surface area (Å²) in [5.41, 5.74) is 1.09. The number of nitrogens with zero attached hydrogens (tertiary/aromatic N) is 1. The second-order valence-electron chi connectivity index (χ2n) is 4.37. The van der Waals surface area contributed by atoms with E-state index in [2.05, 4.69) is 10.2 Å². The summed E-state index contributed by atoms with van der Waals surface area (Å²) in [5, 5.41) is 12.6. The first kappa shape index (κ1) is 15.2. The molecule has 0 aromatic heterocycles. The molecule has 1 fully saturated rings. The van der Waals surface area contributed by atoms with Gasteiger partial charge in [-0.3, -0.25) is 9.29 Å². The molecule has 18 heavy (non-hydrogen) atoms. The van der Waals surface area contributed by atoms with Gasteiger partial charge in [0, 0.05) is 32.2 Å². The molecule has 1 atom stereocenters. The summed E-state index contributed by atoms with van der Waals surface area (Å²) < 4.78 is 12.7. The highest BCUT2D eigenvalue weighted by Crippen LogP contribution is 2.26. The van der Waals surface area contributed by atoms with E-state index < -0.39 is 0 Å². The Morgan fingerprint density at radius 1 is 1.22 bits per heavy atom. The Kier molecular flexibility index (Phi) is 6.39. The van der Waals surface area contributed by atoms with Gasteiger partial charge >= 0.3 is 0 Å². The minimum Gasteiger partial charge on any atom is -0.508 e. The summed E-state index contributed by atoms with van der Waals surface area (Å²) in [6, 6.07) is 7.24. The maximum Gasteiger partial charge on any atom is 0.115 e. The smallest absolute Gasteiger partial charge is 0.115 e. The summed E-state index contributed by atoms with van der Waals surface area (Å²) in [7, 11) is 0. The highest BCUT2D eigenvalue weighted by molar-refractivity contribution is 5.85. The van der Waals surface area contributed by atoms with Gasteiger partial charge in [0.1, 0.15) is 5.75 Å². The number of phenols is 1. The Hall–Kier alpha value is -0.840. The van der Waals surface area contributed by atoms with Crippen LogP contribution in [0.3, 0.4) is 0 Å². The molecule has 0 spiro atoms. The molecule has 0 radical (unpaired) electrons. The van der Waals surface area contributed by atoms with Crippen LogP contribution in [-0.4, -0.2) is 42.9 Å². The van der Waals surface area contributed by atoms with E-state index in [0.717, 1.165) is 31.7 Å². The summed E-state index contributed by atoms with van der Waals surface area (Å²) in [5.74, 6) is 0.257. The van der Waals surface area contributed by atoms with Gasteiger partial charge < -0.3 is 10.4 Å². The van der Waals surface area contributed by atoms with Crippen molar-refractivity contribution in [3.8, 4) is 5.75 Å². The van der Waals surface area contributed by atoms with E-state index in [1.165, 1.54) is 0 Å². The SMILES string of the molecule is Cl.Oc1ccc([C@@H](CCF)N2CCNCC2)cc1. The number of hydrogen-bond acceptors (Lipinski definition) is 3. The van der Waals surface area contributed by atoms with E-state index in [0.29, 0.717) is 6.42 Å². The molecule has 0 unspecified atom stereocenters.